The Morgan fingerprint density at radius 2 is 1.87 bits per heavy atom. The second-order valence-electron chi connectivity index (χ2n) is 8.60. The Labute approximate surface area is 173 Å². The highest BCUT2D eigenvalue weighted by Gasteiger charge is 2.21. The van der Waals surface area contributed by atoms with E-state index in [0.29, 0.717) is 22.4 Å². The standard InChI is InChI=1S/C23H24FN3O3/c1-13-25-20-11-15-7-5-6-14(15)10-18(20)21(28)27(13)26-16-8-9-17(19(24)12-16)22(29)30-23(2,3)4/h8-12,26H,5-7H2,1-4H3. The van der Waals surface area contributed by atoms with Gasteiger partial charge in [-0.3, -0.25) is 10.2 Å². The van der Waals surface area contributed by atoms with Crippen LogP contribution in [-0.2, 0) is 17.6 Å². The highest BCUT2D eigenvalue weighted by atomic mass is 19.1. The minimum atomic E-state index is -0.735. The number of hydrogen-bond donors (Lipinski definition) is 1. The fourth-order valence-corrected chi connectivity index (χ4v) is 3.71. The third-order valence-electron chi connectivity index (χ3n) is 5.08. The number of esters is 1. The maximum atomic E-state index is 14.5. The van der Waals surface area contributed by atoms with Crippen molar-refractivity contribution in [3.8, 4) is 0 Å². The summed E-state index contributed by atoms with van der Waals surface area (Å²) in [6, 6.07) is 7.94. The van der Waals surface area contributed by atoms with Crippen LogP contribution in [0.25, 0.3) is 10.9 Å². The first-order valence-corrected chi connectivity index (χ1v) is 9.97. The van der Waals surface area contributed by atoms with Crippen LogP contribution >= 0.6 is 0 Å². The van der Waals surface area contributed by atoms with E-state index < -0.39 is 17.4 Å². The molecule has 156 valence electrons. The summed E-state index contributed by atoms with van der Waals surface area (Å²) in [4.78, 5) is 29.8. The molecule has 0 atom stereocenters. The monoisotopic (exact) mass is 409 g/mol. The van der Waals surface area contributed by atoms with Gasteiger partial charge in [-0.2, -0.15) is 0 Å². The number of halogens is 1. The summed E-state index contributed by atoms with van der Waals surface area (Å²) in [6.07, 6.45) is 3.06. The Kier molecular flexibility index (Phi) is 4.84. The Morgan fingerprint density at radius 3 is 2.53 bits per heavy atom. The predicted octanol–water partition coefficient (Wildman–Crippen LogP) is 4.16. The van der Waals surface area contributed by atoms with Gasteiger partial charge >= 0.3 is 5.97 Å². The molecule has 6 nitrogen and oxygen atoms in total. The van der Waals surface area contributed by atoms with Gasteiger partial charge < -0.3 is 4.74 Å². The molecule has 0 amide bonds. The summed E-state index contributed by atoms with van der Waals surface area (Å²) in [7, 11) is 0. The molecular weight excluding hydrogens is 385 g/mol. The molecule has 1 N–H and O–H groups in total. The van der Waals surface area contributed by atoms with E-state index in [0.717, 1.165) is 25.3 Å². The number of carbonyl (C=O) groups is 1. The Morgan fingerprint density at radius 1 is 1.17 bits per heavy atom. The first-order valence-electron chi connectivity index (χ1n) is 9.97. The zero-order chi connectivity index (χ0) is 21.6. The summed E-state index contributed by atoms with van der Waals surface area (Å²) in [6.45, 7) is 6.87. The van der Waals surface area contributed by atoms with Gasteiger partial charge in [0.05, 0.1) is 22.2 Å². The topological polar surface area (TPSA) is 73.2 Å². The van der Waals surface area contributed by atoms with Crippen LogP contribution in [0.3, 0.4) is 0 Å². The summed E-state index contributed by atoms with van der Waals surface area (Å²) >= 11 is 0. The van der Waals surface area contributed by atoms with Gasteiger partial charge in [-0.15, -0.1) is 0 Å². The lowest BCUT2D eigenvalue weighted by Crippen LogP contribution is -2.30. The lowest BCUT2D eigenvalue weighted by molar-refractivity contribution is 0.00648. The SMILES string of the molecule is Cc1nc2cc3c(cc2c(=O)n1Nc1ccc(C(=O)OC(C)(C)C)c(F)c1)CCC3. The molecule has 4 rings (SSSR count). The van der Waals surface area contributed by atoms with Crippen LogP contribution in [0, 0.1) is 12.7 Å². The van der Waals surface area contributed by atoms with E-state index >= 15 is 0 Å². The molecule has 0 radical (unpaired) electrons. The maximum Gasteiger partial charge on any atom is 0.341 e. The predicted molar refractivity (Wildman–Crippen MR) is 113 cm³/mol. The molecule has 1 aliphatic carbocycles. The molecule has 0 saturated carbocycles. The van der Waals surface area contributed by atoms with E-state index in [4.69, 9.17) is 4.74 Å². The maximum absolute atomic E-state index is 14.5. The third-order valence-corrected chi connectivity index (χ3v) is 5.08. The van der Waals surface area contributed by atoms with Gasteiger partial charge in [0, 0.05) is 0 Å². The summed E-state index contributed by atoms with van der Waals surface area (Å²) in [5.74, 6) is -1.00. The van der Waals surface area contributed by atoms with Crippen molar-refractivity contribution in [2.24, 2.45) is 0 Å². The van der Waals surface area contributed by atoms with Crippen molar-refractivity contribution in [1.82, 2.24) is 9.66 Å². The minimum Gasteiger partial charge on any atom is -0.456 e. The lowest BCUT2D eigenvalue weighted by Gasteiger charge is -2.20. The number of carbonyl (C=O) groups excluding carboxylic acids is 1. The number of fused-ring (bicyclic) bond motifs is 2. The van der Waals surface area contributed by atoms with Crippen LogP contribution in [-0.4, -0.2) is 21.2 Å². The zero-order valence-electron chi connectivity index (χ0n) is 17.5. The highest BCUT2D eigenvalue weighted by Crippen LogP contribution is 2.25. The number of nitrogens with zero attached hydrogens (tertiary/aromatic N) is 2. The van der Waals surface area contributed by atoms with Crippen molar-refractivity contribution in [3.05, 3.63) is 69.0 Å². The largest absolute Gasteiger partial charge is 0.456 e. The van der Waals surface area contributed by atoms with E-state index in [1.54, 1.807) is 27.7 Å². The average Bonchev–Trinajstić information content (AvgIpc) is 3.09. The molecular formula is C23H24FN3O3. The van der Waals surface area contributed by atoms with Crippen LogP contribution in [0.15, 0.2) is 35.1 Å². The van der Waals surface area contributed by atoms with Gasteiger partial charge in [-0.25, -0.2) is 18.8 Å². The number of ether oxygens (including phenoxy) is 1. The molecule has 2 aromatic carbocycles. The molecule has 0 aliphatic heterocycles. The van der Waals surface area contributed by atoms with E-state index in [-0.39, 0.29) is 11.1 Å². The molecule has 0 saturated heterocycles. The van der Waals surface area contributed by atoms with Gasteiger partial charge in [0.15, 0.2) is 0 Å². The van der Waals surface area contributed by atoms with Gasteiger partial charge in [0.1, 0.15) is 17.2 Å². The van der Waals surface area contributed by atoms with Gasteiger partial charge in [0.25, 0.3) is 5.56 Å². The molecule has 3 aromatic rings. The van der Waals surface area contributed by atoms with Crippen molar-refractivity contribution in [3.63, 3.8) is 0 Å². The molecule has 30 heavy (non-hydrogen) atoms. The normalized spacial score (nSPS) is 13.4. The number of benzene rings is 2. The van der Waals surface area contributed by atoms with E-state index in [9.17, 15) is 14.0 Å². The molecule has 0 bridgehead atoms. The third kappa shape index (κ3) is 3.79. The van der Waals surface area contributed by atoms with Crippen molar-refractivity contribution >= 4 is 22.6 Å². The summed E-state index contributed by atoms with van der Waals surface area (Å²) in [5, 5.41) is 0.527. The highest BCUT2D eigenvalue weighted by molar-refractivity contribution is 5.90. The molecule has 0 spiro atoms. The minimum absolute atomic E-state index is 0.160. The molecule has 7 heteroatoms. The van der Waals surface area contributed by atoms with Gasteiger partial charge in [-0.1, -0.05) is 0 Å². The molecule has 0 fully saturated rings. The lowest BCUT2D eigenvalue weighted by atomic mass is 10.1. The fraction of sp³-hybridized carbons (Fsp3) is 0.348. The first-order chi connectivity index (χ1) is 14.1. The Bertz CT molecular complexity index is 1230. The van der Waals surface area contributed by atoms with Gasteiger partial charge in [-0.05, 0) is 88.4 Å². The number of aryl methyl sites for hydroxylation is 3. The number of aromatic nitrogens is 2. The number of nitrogens with one attached hydrogen (secondary N) is 1. The van der Waals surface area contributed by atoms with Crippen LogP contribution in [0.4, 0.5) is 10.1 Å². The summed E-state index contributed by atoms with van der Waals surface area (Å²) < 4.78 is 21.1. The van der Waals surface area contributed by atoms with Crippen LogP contribution < -0.4 is 11.0 Å². The van der Waals surface area contributed by atoms with E-state index in [1.807, 2.05) is 12.1 Å². The van der Waals surface area contributed by atoms with E-state index in [1.165, 1.54) is 27.9 Å². The smallest absolute Gasteiger partial charge is 0.341 e. The Hall–Kier alpha value is -3.22. The van der Waals surface area contributed by atoms with E-state index in [2.05, 4.69) is 10.4 Å². The second kappa shape index (κ2) is 7.23. The quantitative estimate of drug-likeness (QED) is 0.658. The fourth-order valence-electron chi connectivity index (χ4n) is 3.71. The molecule has 1 aliphatic rings. The Balaban J connectivity index is 1.67. The zero-order valence-corrected chi connectivity index (χ0v) is 17.5. The number of rotatable bonds is 3. The first kappa shape index (κ1) is 20.1. The average molecular weight is 409 g/mol. The van der Waals surface area contributed by atoms with Crippen LogP contribution in [0.1, 0.15) is 54.5 Å². The van der Waals surface area contributed by atoms with Crippen molar-refractivity contribution < 1.29 is 13.9 Å². The second-order valence-corrected chi connectivity index (χ2v) is 8.60. The summed E-state index contributed by atoms with van der Waals surface area (Å²) in [5.41, 5.74) is 5.21. The van der Waals surface area contributed by atoms with Crippen molar-refractivity contribution in [2.45, 2.75) is 52.6 Å². The van der Waals surface area contributed by atoms with Crippen LogP contribution in [0.5, 0.6) is 0 Å². The van der Waals surface area contributed by atoms with Crippen molar-refractivity contribution in [2.75, 3.05) is 5.43 Å². The van der Waals surface area contributed by atoms with Crippen LogP contribution in [0.2, 0.25) is 0 Å². The molecule has 0 unspecified atom stereocenters. The molecule has 1 heterocycles. The van der Waals surface area contributed by atoms with Crippen molar-refractivity contribution in [1.29, 1.82) is 0 Å². The molecule has 1 aromatic heterocycles. The van der Waals surface area contributed by atoms with Gasteiger partial charge in [0.2, 0.25) is 0 Å². The number of hydrogen-bond acceptors (Lipinski definition) is 5. The number of anilines is 1.